The summed E-state index contributed by atoms with van der Waals surface area (Å²) >= 11 is 0. The van der Waals surface area contributed by atoms with Gasteiger partial charge in [-0.3, -0.25) is 5.01 Å². The number of piperazine rings is 3. The molecule has 13 heteroatoms. The minimum absolute atomic E-state index is 0.200. The van der Waals surface area contributed by atoms with Crippen LogP contribution in [0.25, 0.3) is 11.2 Å². The lowest BCUT2D eigenvalue weighted by Gasteiger charge is -2.40. The number of anilines is 2. The molecule has 0 spiro atoms. The van der Waals surface area contributed by atoms with Crippen LogP contribution in [0.2, 0.25) is 0 Å². The van der Waals surface area contributed by atoms with Crippen molar-refractivity contribution in [3.8, 4) is 0 Å². The summed E-state index contributed by atoms with van der Waals surface area (Å²) in [4.78, 5) is 45.0. The highest BCUT2D eigenvalue weighted by atomic mass is 16.6. The molecular formula is C24H39N10O3+. The number of nitrogens with one attached hydrogen (secondary N) is 2. The standard InChI is InChI=1S/C24H39N10O3/c1-18(35)34(23(36)37-24(2,3)4)15-13-32(14-16-34)33-17-27-19-20(30-9-5-25-6-10-30)28-22(29-21(19)33)31-11-7-26-8-12-31/h17,25-26H,5-16H2,1-4H3/q+1. The number of hydrogen-bond acceptors (Lipinski definition) is 11. The van der Waals surface area contributed by atoms with E-state index < -0.39 is 11.7 Å². The van der Waals surface area contributed by atoms with Crippen LogP contribution in [0.4, 0.5) is 16.6 Å². The first-order chi connectivity index (χ1) is 17.7. The topological polar surface area (TPSA) is 121 Å². The van der Waals surface area contributed by atoms with E-state index in [1.165, 1.54) is 6.92 Å². The number of aromatic nitrogens is 4. The predicted octanol–water partition coefficient (Wildman–Crippen LogP) is -0.104. The molecule has 3 fully saturated rings. The van der Waals surface area contributed by atoms with Gasteiger partial charge in [-0.25, -0.2) is 14.5 Å². The van der Waals surface area contributed by atoms with Gasteiger partial charge in [0.1, 0.15) is 25.0 Å². The second-order valence-electron chi connectivity index (χ2n) is 11.0. The maximum atomic E-state index is 13.1. The summed E-state index contributed by atoms with van der Waals surface area (Å²) < 4.78 is 7.29. The molecule has 2 N–H and O–H groups in total. The quantitative estimate of drug-likeness (QED) is 0.533. The van der Waals surface area contributed by atoms with E-state index in [1.54, 1.807) is 6.33 Å². The van der Waals surface area contributed by atoms with Crippen molar-refractivity contribution < 1.29 is 18.8 Å². The monoisotopic (exact) mass is 515 g/mol. The average molecular weight is 516 g/mol. The van der Waals surface area contributed by atoms with E-state index in [9.17, 15) is 9.59 Å². The van der Waals surface area contributed by atoms with Gasteiger partial charge < -0.3 is 25.2 Å². The smallest absolute Gasteiger partial charge is 0.414 e. The molecule has 13 nitrogen and oxygen atoms in total. The van der Waals surface area contributed by atoms with Crippen LogP contribution in [0.1, 0.15) is 27.7 Å². The second kappa shape index (κ2) is 10.0. The number of fused-ring (bicyclic) bond motifs is 1. The summed E-state index contributed by atoms with van der Waals surface area (Å²) in [5.41, 5.74) is 0.857. The summed E-state index contributed by atoms with van der Waals surface area (Å²) in [7, 11) is 0. The number of carbonyl (C=O) groups is 2. The van der Waals surface area contributed by atoms with Gasteiger partial charge in [0, 0.05) is 52.4 Å². The number of hydrogen-bond donors (Lipinski definition) is 2. The van der Waals surface area contributed by atoms with Crippen molar-refractivity contribution in [3.05, 3.63) is 6.33 Å². The normalized spacial score (nSPS) is 20.8. The summed E-state index contributed by atoms with van der Waals surface area (Å²) in [5, 5.41) is 8.90. The first-order valence-electron chi connectivity index (χ1n) is 13.2. The van der Waals surface area contributed by atoms with Crippen molar-refractivity contribution in [1.29, 1.82) is 0 Å². The molecule has 0 radical (unpaired) electrons. The molecule has 0 saturated carbocycles. The largest absolute Gasteiger partial charge is 0.524 e. The third-order valence-electron chi connectivity index (χ3n) is 7.30. The molecule has 0 bridgehead atoms. The van der Waals surface area contributed by atoms with Gasteiger partial charge in [-0.05, 0) is 20.8 Å². The van der Waals surface area contributed by atoms with Gasteiger partial charge >= 0.3 is 12.0 Å². The molecule has 0 aromatic carbocycles. The number of quaternary nitrogens is 1. The molecule has 2 aromatic rings. The fourth-order valence-corrected chi connectivity index (χ4v) is 5.16. The van der Waals surface area contributed by atoms with Crippen LogP contribution in [0.3, 0.4) is 0 Å². The second-order valence-corrected chi connectivity index (χ2v) is 11.0. The highest BCUT2D eigenvalue weighted by Crippen LogP contribution is 2.28. The SMILES string of the molecule is CC(=O)[N+]1(C(=O)OC(C)(C)C)CCN(n2cnc3c(N4CCNCC4)nc(N4CCNCC4)nc32)CC1. The first-order valence-corrected chi connectivity index (χ1v) is 13.2. The van der Waals surface area contributed by atoms with Gasteiger partial charge in [0.2, 0.25) is 5.95 Å². The first kappa shape index (κ1) is 25.6. The van der Waals surface area contributed by atoms with E-state index in [0.29, 0.717) is 32.1 Å². The Bertz CT molecular complexity index is 1140. The molecule has 5 rings (SSSR count). The molecule has 0 atom stereocenters. The number of ether oxygens (including phenoxy) is 1. The van der Waals surface area contributed by atoms with E-state index >= 15 is 0 Å². The van der Waals surface area contributed by atoms with E-state index in [1.807, 2.05) is 25.4 Å². The molecule has 3 aliphatic heterocycles. The zero-order valence-corrected chi connectivity index (χ0v) is 22.4. The van der Waals surface area contributed by atoms with E-state index in [2.05, 4.69) is 25.4 Å². The van der Waals surface area contributed by atoms with Crippen LogP contribution < -0.4 is 25.4 Å². The molecule has 0 aliphatic carbocycles. The van der Waals surface area contributed by atoms with Gasteiger partial charge in [0.15, 0.2) is 17.0 Å². The van der Waals surface area contributed by atoms with Crippen molar-refractivity contribution in [1.82, 2.24) is 30.3 Å². The van der Waals surface area contributed by atoms with Gasteiger partial charge in [0.25, 0.3) is 0 Å². The molecule has 3 aliphatic rings. The van der Waals surface area contributed by atoms with Crippen molar-refractivity contribution >= 4 is 34.9 Å². The fraction of sp³-hybridized carbons (Fsp3) is 0.708. The molecule has 2 aromatic heterocycles. The Kier molecular flexibility index (Phi) is 6.94. The number of carbonyl (C=O) groups excluding carboxylic acids is 2. The van der Waals surface area contributed by atoms with Gasteiger partial charge in [-0.1, -0.05) is 0 Å². The molecular weight excluding hydrogens is 476 g/mol. The Hall–Kier alpha value is -3.03. The predicted molar refractivity (Wildman–Crippen MR) is 140 cm³/mol. The Labute approximate surface area is 217 Å². The molecule has 3 saturated heterocycles. The number of nitrogens with zero attached hydrogens (tertiary/aromatic N) is 8. The van der Waals surface area contributed by atoms with E-state index in [0.717, 1.165) is 69.3 Å². The van der Waals surface area contributed by atoms with Crippen LogP contribution in [0, 0.1) is 0 Å². The zero-order chi connectivity index (χ0) is 26.2. The average Bonchev–Trinajstić information content (AvgIpc) is 3.32. The third kappa shape index (κ3) is 5.07. The van der Waals surface area contributed by atoms with Crippen LogP contribution in [0.15, 0.2) is 6.33 Å². The summed E-state index contributed by atoms with van der Waals surface area (Å²) in [5.74, 6) is 1.37. The minimum Gasteiger partial charge on any atom is -0.414 e. The third-order valence-corrected chi connectivity index (χ3v) is 7.30. The Morgan fingerprint density at radius 1 is 0.919 bits per heavy atom. The summed E-state index contributed by atoms with van der Waals surface area (Å²) in [6, 6.07) is 0. The number of rotatable bonds is 3. The van der Waals surface area contributed by atoms with Gasteiger partial charge in [0.05, 0.1) is 20.0 Å². The van der Waals surface area contributed by atoms with E-state index in [4.69, 9.17) is 19.7 Å². The maximum absolute atomic E-state index is 13.1. The highest BCUT2D eigenvalue weighted by Gasteiger charge is 2.48. The van der Waals surface area contributed by atoms with Crippen LogP contribution in [-0.2, 0) is 9.53 Å². The van der Waals surface area contributed by atoms with Gasteiger partial charge in [-0.15, -0.1) is 0 Å². The minimum atomic E-state index is -0.660. The van der Waals surface area contributed by atoms with Crippen molar-refractivity contribution in [2.24, 2.45) is 0 Å². The molecule has 5 heterocycles. The van der Waals surface area contributed by atoms with Crippen molar-refractivity contribution in [2.75, 3.05) is 93.3 Å². The fourth-order valence-electron chi connectivity index (χ4n) is 5.16. The lowest BCUT2D eigenvalue weighted by Crippen LogP contribution is -2.67. The molecule has 202 valence electrons. The lowest BCUT2D eigenvalue weighted by atomic mass is 10.2. The van der Waals surface area contributed by atoms with Crippen molar-refractivity contribution in [2.45, 2.75) is 33.3 Å². The lowest BCUT2D eigenvalue weighted by molar-refractivity contribution is -0.784. The highest BCUT2D eigenvalue weighted by molar-refractivity contribution is 5.85. The summed E-state index contributed by atoms with van der Waals surface area (Å²) in [6.45, 7) is 15.6. The zero-order valence-electron chi connectivity index (χ0n) is 22.4. The van der Waals surface area contributed by atoms with Gasteiger partial charge in [-0.2, -0.15) is 19.2 Å². The Balaban J connectivity index is 1.46. The number of amides is 2. The summed E-state index contributed by atoms with van der Waals surface area (Å²) in [6.07, 6.45) is 1.30. The van der Waals surface area contributed by atoms with Crippen LogP contribution >= 0.6 is 0 Å². The molecule has 0 unspecified atom stereocenters. The molecule has 37 heavy (non-hydrogen) atoms. The van der Waals surface area contributed by atoms with Crippen LogP contribution in [-0.4, -0.2) is 120 Å². The Morgan fingerprint density at radius 2 is 1.51 bits per heavy atom. The van der Waals surface area contributed by atoms with Crippen LogP contribution in [0.5, 0.6) is 0 Å². The number of imide groups is 1. The van der Waals surface area contributed by atoms with E-state index in [-0.39, 0.29) is 10.4 Å². The van der Waals surface area contributed by atoms with Crippen molar-refractivity contribution in [3.63, 3.8) is 0 Å². The molecule has 2 amide bonds. The maximum Gasteiger partial charge on any atom is 0.524 e. The Morgan fingerprint density at radius 3 is 2.08 bits per heavy atom. The number of imidazole rings is 1.